The molecule has 0 rings (SSSR count). The van der Waals surface area contributed by atoms with E-state index in [-0.39, 0.29) is 6.04 Å². The van der Waals surface area contributed by atoms with Gasteiger partial charge in [-0.1, -0.05) is 26.0 Å². The molecule has 0 saturated carbocycles. The molecule has 0 aromatic carbocycles. The van der Waals surface area contributed by atoms with Crippen LogP contribution in [0.25, 0.3) is 0 Å². The molecule has 0 bridgehead atoms. The Bertz CT molecular complexity index is 105. The van der Waals surface area contributed by atoms with E-state index >= 15 is 0 Å². The van der Waals surface area contributed by atoms with Gasteiger partial charge in [0.2, 0.25) is 0 Å². The highest BCUT2D eigenvalue weighted by Crippen LogP contribution is 2.01. The highest BCUT2D eigenvalue weighted by molar-refractivity contribution is 4.64. The lowest BCUT2D eigenvalue weighted by molar-refractivity contribution is -0.333. The van der Waals surface area contributed by atoms with Crippen molar-refractivity contribution in [1.29, 1.82) is 0 Å². The Balaban J connectivity index is 3.82. The van der Waals surface area contributed by atoms with Crippen LogP contribution in [0.4, 0.5) is 0 Å². The third kappa shape index (κ3) is 4.01. The molecule has 1 atom stereocenters. The van der Waals surface area contributed by atoms with Crippen LogP contribution in [-0.4, -0.2) is 46.2 Å². The van der Waals surface area contributed by atoms with Crippen molar-refractivity contribution in [3.63, 3.8) is 0 Å². The van der Waals surface area contributed by atoms with E-state index in [0.29, 0.717) is 11.8 Å². The number of hydrogen-bond donors (Lipinski definition) is 2. The van der Waals surface area contributed by atoms with Crippen LogP contribution >= 0.6 is 0 Å². The number of hydrogen-bond acceptors (Lipinski definition) is 4. The zero-order valence-corrected chi connectivity index (χ0v) is 8.19. The summed E-state index contributed by atoms with van der Waals surface area (Å²) in [5.74, 6) is 0. The molecule has 0 aliphatic heterocycles. The minimum absolute atomic E-state index is 0.176. The minimum atomic E-state index is -0.176. The maximum absolute atomic E-state index is 8.81. The molecule has 2 N–H and O–H groups in total. The molecule has 74 valence electrons. The molecule has 0 heterocycles. The molecule has 0 radical (unpaired) electrons. The molecule has 0 aromatic rings. The van der Waals surface area contributed by atoms with Crippen molar-refractivity contribution in [1.82, 2.24) is 10.1 Å². The van der Waals surface area contributed by atoms with Crippen LogP contribution < -0.4 is 0 Å². The molecule has 12 heavy (non-hydrogen) atoms. The van der Waals surface area contributed by atoms with Crippen LogP contribution in [0, 0.1) is 0 Å². The summed E-state index contributed by atoms with van der Waals surface area (Å²) in [7, 11) is 0. The van der Waals surface area contributed by atoms with Gasteiger partial charge in [-0.25, -0.2) is 0 Å². The molecule has 0 fully saturated rings. The molecular formula is C8H20N2O2. The first-order valence-corrected chi connectivity index (χ1v) is 4.54. The average molecular weight is 176 g/mol. The van der Waals surface area contributed by atoms with Crippen molar-refractivity contribution < 1.29 is 10.4 Å². The second-order valence-corrected chi connectivity index (χ2v) is 2.87. The number of likely N-dealkylation sites (N-methyl/N-ethyl adjacent to an activating group) is 1. The Morgan fingerprint density at radius 3 is 1.83 bits per heavy atom. The summed E-state index contributed by atoms with van der Waals surface area (Å²) in [6, 6.07) is -0.176. The fourth-order valence-corrected chi connectivity index (χ4v) is 1.15. The Morgan fingerprint density at radius 2 is 1.58 bits per heavy atom. The van der Waals surface area contributed by atoms with Gasteiger partial charge in [-0.2, -0.15) is 0 Å². The van der Waals surface area contributed by atoms with Crippen LogP contribution in [0.2, 0.25) is 0 Å². The van der Waals surface area contributed by atoms with Gasteiger partial charge in [-0.3, -0.25) is 10.4 Å². The predicted molar refractivity (Wildman–Crippen MR) is 47.3 cm³/mol. The summed E-state index contributed by atoms with van der Waals surface area (Å²) in [5.41, 5.74) is 0. The standard InChI is InChI=1S/C8H20N2O2/c1-4-8(10(11)12)7-9(5-2)6-3/h8,11-12H,4-7H2,1-3H3. The Kier molecular flexibility index (Phi) is 6.28. The molecule has 4 heteroatoms. The maximum Gasteiger partial charge on any atom is 0.0747 e. The summed E-state index contributed by atoms with van der Waals surface area (Å²) in [6.07, 6.45) is 0.740. The Morgan fingerprint density at radius 1 is 1.08 bits per heavy atom. The van der Waals surface area contributed by atoms with Gasteiger partial charge in [0.25, 0.3) is 0 Å². The van der Waals surface area contributed by atoms with E-state index in [0.717, 1.165) is 19.5 Å². The summed E-state index contributed by atoms with van der Waals surface area (Å²) in [5, 5.41) is 17.9. The third-order valence-corrected chi connectivity index (χ3v) is 2.16. The van der Waals surface area contributed by atoms with Crippen molar-refractivity contribution in [2.24, 2.45) is 0 Å². The normalized spacial score (nSPS) is 14.2. The van der Waals surface area contributed by atoms with Gasteiger partial charge in [-0.05, 0) is 19.5 Å². The quantitative estimate of drug-likeness (QED) is 0.597. The SMILES string of the molecule is CCC(CN(CC)CC)N(O)O. The first-order chi connectivity index (χ1) is 5.65. The van der Waals surface area contributed by atoms with Crippen molar-refractivity contribution in [2.45, 2.75) is 33.2 Å². The van der Waals surface area contributed by atoms with Crippen LogP contribution in [0.5, 0.6) is 0 Å². The zero-order valence-electron chi connectivity index (χ0n) is 8.19. The highest BCUT2D eigenvalue weighted by atomic mass is 16.8. The molecular weight excluding hydrogens is 156 g/mol. The summed E-state index contributed by atoms with van der Waals surface area (Å²) in [4.78, 5) is 2.16. The zero-order chi connectivity index (χ0) is 9.56. The monoisotopic (exact) mass is 176 g/mol. The van der Waals surface area contributed by atoms with E-state index < -0.39 is 0 Å². The van der Waals surface area contributed by atoms with Crippen LogP contribution in [-0.2, 0) is 0 Å². The largest absolute Gasteiger partial charge is 0.302 e. The lowest BCUT2D eigenvalue weighted by atomic mass is 10.2. The molecule has 0 aliphatic rings. The first kappa shape index (κ1) is 11.8. The van der Waals surface area contributed by atoms with Gasteiger partial charge in [0.1, 0.15) is 0 Å². The third-order valence-electron chi connectivity index (χ3n) is 2.16. The van der Waals surface area contributed by atoms with Gasteiger partial charge >= 0.3 is 0 Å². The van der Waals surface area contributed by atoms with Gasteiger partial charge in [0.15, 0.2) is 0 Å². The van der Waals surface area contributed by atoms with Gasteiger partial charge in [0.05, 0.1) is 6.04 Å². The molecule has 0 aliphatic carbocycles. The van der Waals surface area contributed by atoms with Gasteiger partial charge in [-0.15, -0.1) is 0 Å². The smallest absolute Gasteiger partial charge is 0.0747 e. The van der Waals surface area contributed by atoms with Crippen LogP contribution in [0.1, 0.15) is 27.2 Å². The van der Waals surface area contributed by atoms with Crippen molar-refractivity contribution in [3.8, 4) is 0 Å². The summed E-state index contributed by atoms with van der Waals surface area (Å²) in [6.45, 7) is 8.66. The van der Waals surface area contributed by atoms with Crippen LogP contribution in [0.15, 0.2) is 0 Å². The Labute approximate surface area is 74.3 Å². The Hall–Kier alpha value is -0.160. The second kappa shape index (κ2) is 6.37. The molecule has 0 saturated heterocycles. The van der Waals surface area contributed by atoms with Crippen molar-refractivity contribution in [2.75, 3.05) is 19.6 Å². The fourth-order valence-electron chi connectivity index (χ4n) is 1.15. The van der Waals surface area contributed by atoms with Crippen LogP contribution in [0.3, 0.4) is 0 Å². The number of hydroxylamine groups is 2. The molecule has 4 nitrogen and oxygen atoms in total. The maximum atomic E-state index is 8.81. The lowest BCUT2D eigenvalue weighted by Crippen LogP contribution is -2.40. The van der Waals surface area contributed by atoms with E-state index in [1.165, 1.54) is 0 Å². The van der Waals surface area contributed by atoms with E-state index in [1.54, 1.807) is 0 Å². The van der Waals surface area contributed by atoms with E-state index in [1.807, 2.05) is 6.92 Å². The molecule has 1 unspecified atom stereocenters. The van der Waals surface area contributed by atoms with E-state index in [9.17, 15) is 0 Å². The predicted octanol–water partition coefficient (Wildman–Crippen LogP) is 1.19. The first-order valence-electron chi connectivity index (χ1n) is 4.54. The molecule has 0 amide bonds. The van der Waals surface area contributed by atoms with Gasteiger partial charge < -0.3 is 4.90 Å². The van der Waals surface area contributed by atoms with E-state index in [2.05, 4.69) is 18.7 Å². The molecule has 0 aromatic heterocycles. The number of nitrogens with zero attached hydrogens (tertiary/aromatic N) is 2. The second-order valence-electron chi connectivity index (χ2n) is 2.87. The van der Waals surface area contributed by atoms with Gasteiger partial charge in [0, 0.05) is 6.54 Å². The van der Waals surface area contributed by atoms with Crippen molar-refractivity contribution in [3.05, 3.63) is 0 Å². The lowest BCUT2D eigenvalue weighted by Gasteiger charge is -2.26. The van der Waals surface area contributed by atoms with Crippen molar-refractivity contribution >= 4 is 0 Å². The van der Waals surface area contributed by atoms with E-state index in [4.69, 9.17) is 10.4 Å². The summed E-state index contributed by atoms with van der Waals surface area (Å²) < 4.78 is 0. The average Bonchev–Trinajstić information content (AvgIpc) is 2.06. The number of rotatable bonds is 6. The summed E-state index contributed by atoms with van der Waals surface area (Å²) >= 11 is 0. The fraction of sp³-hybridized carbons (Fsp3) is 1.00. The highest BCUT2D eigenvalue weighted by Gasteiger charge is 2.14. The minimum Gasteiger partial charge on any atom is -0.302 e. The molecule has 0 spiro atoms. The topological polar surface area (TPSA) is 46.9 Å².